The minimum absolute atomic E-state index is 0.144. The fourth-order valence-corrected chi connectivity index (χ4v) is 1.51. The van der Waals surface area contributed by atoms with E-state index in [2.05, 4.69) is 15.6 Å². The van der Waals surface area contributed by atoms with Crippen LogP contribution in [-0.2, 0) is 9.53 Å². The summed E-state index contributed by atoms with van der Waals surface area (Å²) in [6, 6.07) is 3.02. The molecule has 0 spiro atoms. The van der Waals surface area contributed by atoms with E-state index in [0.29, 0.717) is 30.6 Å². The van der Waals surface area contributed by atoms with E-state index in [9.17, 15) is 4.79 Å². The summed E-state index contributed by atoms with van der Waals surface area (Å²) in [5.41, 5.74) is 0. The third kappa shape index (κ3) is 2.91. The monoisotopic (exact) mass is 241 g/mol. The van der Waals surface area contributed by atoms with Crippen LogP contribution in [0.1, 0.15) is 0 Å². The first-order chi connectivity index (χ1) is 7.75. The first-order valence-electron chi connectivity index (χ1n) is 4.99. The van der Waals surface area contributed by atoms with Crippen LogP contribution in [0, 0.1) is 0 Å². The molecule has 1 aromatic heterocycles. The van der Waals surface area contributed by atoms with Crippen molar-refractivity contribution in [1.82, 2.24) is 10.3 Å². The first-order valence-corrected chi connectivity index (χ1v) is 5.37. The lowest BCUT2D eigenvalue weighted by atomic mass is 10.2. The van der Waals surface area contributed by atoms with Gasteiger partial charge in [-0.05, 0) is 12.1 Å². The number of halogens is 1. The Bertz CT molecular complexity index is 363. The maximum atomic E-state index is 11.7. The number of anilines is 1. The third-order valence-electron chi connectivity index (χ3n) is 2.22. The maximum Gasteiger partial charge on any atom is 0.245 e. The second kappa shape index (κ2) is 5.25. The molecule has 2 N–H and O–H groups in total. The fraction of sp³-hybridized carbons (Fsp3) is 0.400. The standard InChI is InChI=1S/C10H12ClN3O2/c11-7-1-2-9(13-5-7)14-10(15)8-6-16-4-3-12-8/h1-2,5,8,12H,3-4,6H2,(H,13,14,15). The second-order valence-corrected chi connectivity index (χ2v) is 3.87. The molecule has 2 rings (SSSR count). The van der Waals surface area contributed by atoms with Crippen LogP contribution in [0.15, 0.2) is 18.3 Å². The quantitative estimate of drug-likeness (QED) is 0.799. The number of rotatable bonds is 2. The van der Waals surface area contributed by atoms with Crippen molar-refractivity contribution in [3.8, 4) is 0 Å². The molecular weight excluding hydrogens is 230 g/mol. The van der Waals surface area contributed by atoms with E-state index in [1.165, 1.54) is 6.20 Å². The van der Waals surface area contributed by atoms with Gasteiger partial charge in [-0.2, -0.15) is 0 Å². The Labute approximate surface area is 98.1 Å². The molecule has 1 saturated heterocycles. The van der Waals surface area contributed by atoms with Crippen LogP contribution >= 0.6 is 11.6 Å². The van der Waals surface area contributed by atoms with Gasteiger partial charge in [-0.15, -0.1) is 0 Å². The van der Waals surface area contributed by atoms with Gasteiger partial charge < -0.3 is 15.4 Å². The summed E-state index contributed by atoms with van der Waals surface area (Å²) < 4.78 is 5.20. The molecule has 0 radical (unpaired) electrons. The number of morpholine rings is 1. The van der Waals surface area contributed by atoms with Crippen molar-refractivity contribution in [2.75, 3.05) is 25.1 Å². The van der Waals surface area contributed by atoms with E-state index in [4.69, 9.17) is 16.3 Å². The number of pyridine rings is 1. The summed E-state index contributed by atoms with van der Waals surface area (Å²) in [4.78, 5) is 15.7. The molecule has 16 heavy (non-hydrogen) atoms. The predicted molar refractivity (Wildman–Crippen MR) is 60.5 cm³/mol. The highest BCUT2D eigenvalue weighted by Gasteiger charge is 2.21. The van der Waals surface area contributed by atoms with Crippen LogP contribution in [0.5, 0.6) is 0 Å². The zero-order valence-corrected chi connectivity index (χ0v) is 9.33. The Morgan fingerprint density at radius 1 is 1.62 bits per heavy atom. The molecule has 0 aromatic carbocycles. The molecule has 1 unspecified atom stereocenters. The summed E-state index contributed by atoms with van der Waals surface area (Å²) in [6.07, 6.45) is 1.49. The highest BCUT2D eigenvalue weighted by Crippen LogP contribution is 2.09. The molecule has 1 aliphatic heterocycles. The predicted octanol–water partition coefficient (Wildman–Crippen LogP) is 0.662. The highest BCUT2D eigenvalue weighted by atomic mass is 35.5. The molecule has 2 heterocycles. The Hall–Kier alpha value is -1.17. The lowest BCUT2D eigenvalue weighted by molar-refractivity contribution is -0.120. The van der Waals surface area contributed by atoms with Crippen LogP contribution < -0.4 is 10.6 Å². The van der Waals surface area contributed by atoms with Crippen molar-refractivity contribution in [2.24, 2.45) is 0 Å². The maximum absolute atomic E-state index is 11.7. The number of nitrogens with one attached hydrogen (secondary N) is 2. The molecule has 1 aromatic rings. The molecule has 86 valence electrons. The average Bonchev–Trinajstić information content (AvgIpc) is 2.33. The van der Waals surface area contributed by atoms with E-state index in [1.54, 1.807) is 12.1 Å². The van der Waals surface area contributed by atoms with Gasteiger partial charge in [-0.25, -0.2) is 4.98 Å². The summed E-state index contributed by atoms with van der Waals surface area (Å²) in [5.74, 6) is 0.344. The molecule has 1 fully saturated rings. The summed E-state index contributed by atoms with van der Waals surface area (Å²) in [6.45, 7) is 1.72. The summed E-state index contributed by atoms with van der Waals surface area (Å²) in [7, 11) is 0. The third-order valence-corrected chi connectivity index (χ3v) is 2.44. The number of aromatic nitrogens is 1. The van der Waals surface area contributed by atoms with Crippen molar-refractivity contribution in [1.29, 1.82) is 0 Å². The van der Waals surface area contributed by atoms with Gasteiger partial charge in [0.15, 0.2) is 0 Å². The number of nitrogens with zero attached hydrogens (tertiary/aromatic N) is 1. The largest absolute Gasteiger partial charge is 0.378 e. The van der Waals surface area contributed by atoms with Crippen LogP contribution in [0.4, 0.5) is 5.82 Å². The van der Waals surface area contributed by atoms with Crippen LogP contribution in [-0.4, -0.2) is 36.7 Å². The second-order valence-electron chi connectivity index (χ2n) is 3.43. The average molecular weight is 242 g/mol. The molecule has 1 atom stereocenters. The normalized spacial score (nSPS) is 20.4. The van der Waals surface area contributed by atoms with Gasteiger partial charge in [0.2, 0.25) is 5.91 Å². The number of hydrogen-bond donors (Lipinski definition) is 2. The van der Waals surface area contributed by atoms with E-state index >= 15 is 0 Å². The minimum Gasteiger partial charge on any atom is -0.378 e. The zero-order chi connectivity index (χ0) is 11.4. The number of carbonyl (C=O) groups excluding carboxylic acids is 1. The van der Waals surface area contributed by atoms with Gasteiger partial charge in [0, 0.05) is 12.7 Å². The van der Waals surface area contributed by atoms with Gasteiger partial charge in [-0.3, -0.25) is 4.79 Å². The van der Waals surface area contributed by atoms with Gasteiger partial charge in [-0.1, -0.05) is 11.6 Å². The van der Waals surface area contributed by atoms with Crippen LogP contribution in [0.2, 0.25) is 5.02 Å². The molecule has 0 aliphatic carbocycles. The van der Waals surface area contributed by atoms with E-state index in [1.807, 2.05) is 0 Å². The van der Waals surface area contributed by atoms with Crippen molar-refractivity contribution in [2.45, 2.75) is 6.04 Å². The van der Waals surface area contributed by atoms with Crippen LogP contribution in [0.3, 0.4) is 0 Å². The molecule has 5 nitrogen and oxygen atoms in total. The number of carbonyl (C=O) groups is 1. The van der Waals surface area contributed by atoms with Crippen molar-refractivity contribution in [3.63, 3.8) is 0 Å². The van der Waals surface area contributed by atoms with Gasteiger partial charge >= 0.3 is 0 Å². The van der Waals surface area contributed by atoms with Crippen molar-refractivity contribution in [3.05, 3.63) is 23.4 Å². The number of amides is 1. The minimum atomic E-state index is -0.314. The lowest BCUT2D eigenvalue weighted by Crippen LogP contribution is -2.48. The van der Waals surface area contributed by atoms with Gasteiger partial charge in [0.25, 0.3) is 0 Å². The zero-order valence-electron chi connectivity index (χ0n) is 8.57. The Balaban J connectivity index is 1.93. The van der Waals surface area contributed by atoms with Crippen molar-refractivity contribution >= 4 is 23.3 Å². The van der Waals surface area contributed by atoms with Gasteiger partial charge in [0.05, 0.1) is 18.2 Å². The molecule has 1 amide bonds. The van der Waals surface area contributed by atoms with E-state index in [0.717, 1.165) is 0 Å². The lowest BCUT2D eigenvalue weighted by Gasteiger charge is -2.22. The summed E-state index contributed by atoms with van der Waals surface area (Å²) >= 11 is 5.69. The topological polar surface area (TPSA) is 63.2 Å². The number of hydrogen-bond acceptors (Lipinski definition) is 4. The molecular formula is C10H12ClN3O2. The number of ether oxygens (including phenoxy) is 1. The van der Waals surface area contributed by atoms with E-state index < -0.39 is 0 Å². The Morgan fingerprint density at radius 3 is 3.12 bits per heavy atom. The SMILES string of the molecule is O=C(Nc1ccc(Cl)cn1)C1COCCN1. The Kier molecular flexibility index (Phi) is 3.71. The van der Waals surface area contributed by atoms with Gasteiger partial charge in [0.1, 0.15) is 11.9 Å². The molecule has 0 saturated carbocycles. The Morgan fingerprint density at radius 2 is 2.50 bits per heavy atom. The van der Waals surface area contributed by atoms with E-state index in [-0.39, 0.29) is 11.9 Å². The molecule has 6 heteroatoms. The smallest absolute Gasteiger partial charge is 0.245 e. The highest BCUT2D eigenvalue weighted by molar-refractivity contribution is 6.30. The molecule has 1 aliphatic rings. The first kappa shape index (κ1) is 11.3. The van der Waals surface area contributed by atoms with Crippen LogP contribution in [0.25, 0.3) is 0 Å². The summed E-state index contributed by atoms with van der Waals surface area (Å²) in [5, 5.41) is 6.29. The fourth-order valence-electron chi connectivity index (χ4n) is 1.40. The van der Waals surface area contributed by atoms with Crippen molar-refractivity contribution < 1.29 is 9.53 Å². The molecule has 0 bridgehead atoms.